The highest BCUT2D eigenvalue weighted by Gasteiger charge is 2.41. The number of para-hydroxylation sites is 1. The first-order valence-corrected chi connectivity index (χ1v) is 9.87. The maximum Gasteiger partial charge on any atom is 0.272 e. The third kappa shape index (κ3) is 4.33. The zero-order chi connectivity index (χ0) is 20.3. The van der Waals surface area contributed by atoms with E-state index in [1.807, 2.05) is 36.1 Å². The number of amides is 1. The second-order valence-corrected chi connectivity index (χ2v) is 7.28. The normalized spacial score (nSPS) is 18.1. The molecule has 1 spiro atoms. The third-order valence-electron chi connectivity index (χ3n) is 5.33. The standard InChI is InChI=1S/C21H26N4O4/c1-15-13-17(19(26)25-9-7-21(8-10-25)28-11-12-29-21)24-20(23-15)22-14-16-5-3-4-6-18(16)27-2/h3-6,13H,7-12,14H2,1-2H3,(H,22,23,24). The summed E-state index contributed by atoms with van der Waals surface area (Å²) in [5.41, 5.74) is 2.12. The lowest BCUT2D eigenvalue weighted by Crippen LogP contribution is -2.47. The van der Waals surface area contributed by atoms with E-state index in [1.54, 1.807) is 13.2 Å². The van der Waals surface area contributed by atoms with Crippen LogP contribution < -0.4 is 10.1 Å². The Hall–Kier alpha value is -2.71. The van der Waals surface area contributed by atoms with Crippen LogP contribution in [0.5, 0.6) is 5.75 Å². The Balaban J connectivity index is 1.43. The summed E-state index contributed by atoms with van der Waals surface area (Å²) < 4.78 is 16.9. The number of hydrogen-bond donors (Lipinski definition) is 1. The molecule has 154 valence electrons. The number of anilines is 1. The summed E-state index contributed by atoms with van der Waals surface area (Å²) in [4.78, 5) is 23.7. The highest BCUT2D eigenvalue weighted by molar-refractivity contribution is 5.92. The molecule has 1 aromatic heterocycles. The molecule has 29 heavy (non-hydrogen) atoms. The van der Waals surface area contributed by atoms with Crippen LogP contribution in [0.1, 0.15) is 34.6 Å². The fourth-order valence-corrected chi connectivity index (χ4v) is 3.78. The first kappa shape index (κ1) is 19.6. The zero-order valence-corrected chi connectivity index (χ0v) is 16.8. The summed E-state index contributed by atoms with van der Waals surface area (Å²) in [7, 11) is 1.64. The van der Waals surface area contributed by atoms with Crippen molar-refractivity contribution in [2.24, 2.45) is 0 Å². The van der Waals surface area contributed by atoms with Gasteiger partial charge in [0.1, 0.15) is 11.4 Å². The maximum atomic E-state index is 13.0. The van der Waals surface area contributed by atoms with Crippen LogP contribution in [0.2, 0.25) is 0 Å². The number of nitrogens with zero attached hydrogens (tertiary/aromatic N) is 3. The summed E-state index contributed by atoms with van der Waals surface area (Å²) in [6, 6.07) is 9.48. The predicted octanol–water partition coefficient (Wildman–Crippen LogP) is 2.38. The first-order valence-electron chi connectivity index (χ1n) is 9.87. The minimum Gasteiger partial charge on any atom is -0.496 e. The molecule has 1 N–H and O–H groups in total. The molecule has 0 radical (unpaired) electrons. The minimum atomic E-state index is -0.500. The SMILES string of the molecule is COc1ccccc1CNc1nc(C)cc(C(=O)N2CCC3(CC2)OCCO3)n1. The summed E-state index contributed by atoms with van der Waals surface area (Å²) in [5.74, 6) is 0.626. The molecule has 2 aliphatic heterocycles. The molecule has 2 aliphatic rings. The van der Waals surface area contributed by atoms with E-state index in [0.717, 1.165) is 17.0 Å². The Morgan fingerprint density at radius 3 is 2.66 bits per heavy atom. The number of methoxy groups -OCH3 is 1. The maximum absolute atomic E-state index is 13.0. The fraction of sp³-hybridized carbons (Fsp3) is 0.476. The molecule has 0 atom stereocenters. The Bertz CT molecular complexity index is 873. The van der Waals surface area contributed by atoms with Crippen LogP contribution in [0.25, 0.3) is 0 Å². The van der Waals surface area contributed by atoms with Gasteiger partial charge in [-0.25, -0.2) is 9.97 Å². The highest BCUT2D eigenvalue weighted by Crippen LogP contribution is 2.31. The molecule has 2 fully saturated rings. The number of likely N-dealkylation sites (tertiary alicyclic amines) is 1. The lowest BCUT2D eigenvalue weighted by Gasteiger charge is -2.37. The molecule has 2 saturated heterocycles. The Morgan fingerprint density at radius 2 is 1.93 bits per heavy atom. The minimum absolute atomic E-state index is 0.0938. The van der Waals surface area contributed by atoms with Crippen molar-refractivity contribution in [2.45, 2.75) is 32.1 Å². The van der Waals surface area contributed by atoms with Gasteiger partial charge in [0.2, 0.25) is 5.95 Å². The number of rotatable bonds is 5. The lowest BCUT2D eigenvalue weighted by atomic mass is 10.0. The summed E-state index contributed by atoms with van der Waals surface area (Å²) in [5, 5.41) is 3.20. The zero-order valence-electron chi connectivity index (χ0n) is 16.8. The van der Waals surface area contributed by atoms with E-state index >= 15 is 0 Å². The molecule has 8 heteroatoms. The molecule has 1 amide bonds. The number of carbonyl (C=O) groups is 1. The molecular weight excluding hydrogens is 372 g/mol. The predicted molar refractivity (Wildman–Crippen MR) is 107 cm³/mol. The summed E-state index contributed by atoms with van der Waals surface area (Å²) in [6.07, 6.45) is 1.36. The quantitative estimate of drug-likeness (QED) is 0.828. The number of nitrogens with one attached hydrogen (secondary N) is 1. The molecule has 2 aromatic rings. The van der Waals surface area contributed by atoms with Gasteiger partial charge < -0.3 is 24.4 Å². The molecule has 0 aliphatic carbocycles. The van der Waals surface area contributed by atoms with Gasteiger partial charge in [-0.2, -0.15) is 0 Å². The number of benzene rings is 1. The Kier molecular flexibility index (Phi) is 5.64. The number of aryl methyl sites for hydroxylation is 1. The van der Waals surface area contributed by atoms with Crippen molar-refractivity contribution in [3.63, 3.8) is 0 Å². The van der Waals surface area contributed by atoms with Crippen molar-refractivity contribution in [3.8, 4) is 5.75 Å². The van der Waals surface area contributed by atoms with Crippen molar-refractivity contribution in [1.82, 2.24) is 14.9 Å². The smallest absolute Gasteiger partial charge is 0.272 e. The largest absolute Gasteiger partial charge is 0.496 e. The van der Waals surface area contributed by atoms with Crippen molar-refractivity contribution in [3.05, 3.63) is 47.3 Å². The number of hydrogen-bond acceptors (Lipinski definition) is 7. The van der Waals surface area contributed by atoms with E-state index in [0.29, 0.717) is 57.3 Å². The van der Waals surface area contributed by atoms with E-state index in [4.69, 9.17) is 14.2 Å². The van der Waals surface area contributed by atoms with Gasteiger partial charge in [-0.05, 0) is 19.1 Å². The van der Waals surface area contributed by atoms with Crippen LogP contribution in [0.4, 0.5) is 5.95 Å². The van der Waals surface area contributed by atoms with Crippen molar-refractivity contribution < 1.29 is 19.0 Å². The average molecular weight is 398 g/mol. The van der Waals surface area contributed by atoms with Gasteiger partial charge in [-0.15, -0.1) is 0 Å². The second kappa shape index (κ2) is 8.34. The van der Waals surface area contributed by atoms with E-state index in [-0.39, 0.29) is 5.91 Å². The number of piperidine rings is 1. The van der Waals surface area contributed by atoms with Gasteiger partial charge in [0.15, 0.2) is 5.79 Å². The Morgan fingerprint density at radius 1 is 1.21 bits per heavy atom. The van der Waals surface area contributed by atoms with Gasteiger partial charge in [0.25, 0.3) is 5.91 Å². The van der Waals surface area contributed by atoms with Crippen LogP contribution in [0, 0.1) is 6.92 Å². The molecule has 4 rings (SSSR count). The van der Waals surface area contributed by atoms with Crippen LogP contribution in [0.3, 0.4) is 0 Å². The molecule has 1 aromatic carbocycles. The van der Waals surface area contributed by atoms with Crippen LogP contribution >= 0.6 is 0 Å². The molecule has 3 heterocycles. The van der Waals surface area contributed by atoms with Crippen molar-refractivity contribution >= 4 is 11.9 Å². The fourth-order valence-electron chi connectivity index (χ4n) is 3.78. The first-order chi connectivity index (χ1) is 14.1. The van der Waals surface area contributed by atoms with E-state index < -0.39 is 5.79 Å². The molecule has 0 bridgehead atoms. The topological polar surface area (TPSA) is 85.8 Å². The van der Waals surface area contributed by atoms with Gasteiger partial charge in [0.05, 0.1) is 20.3 Å². The average Bonchev–Trinajstić information content (AvgIpc) is 3.20. The van der Waals surface area contributed by atoms with Gasteiger partial charge in [-0.3, -0.25) is 4.79 Å². The van der Waals surface area contributed by atoms with Crippen LogP contribution in [-0.2, 0) is 16.0 Å². The van der Waals surface area contributed by atoms with Crippen LogP contribution in [0.15, 0.2) is 30.3 Å². The van der Waals surface area contributed by atoms with Crippen molar-refractivity contribution in [1.29, 1.82) is 0 Å². The summed E-state index contributed by atoms with van der Waals surface area (Å²) in [6.45, 7) is 4.79. The molecule has 0 unspecified atom stereocenters. The van der Waals surface area contributed by atoms with E-state index in [1.165, 1.54) is 0 Å². The second-order valence-electron chi connectivity index (χ2n) is 7.28. The van der Waals surface area contributed by atoms with Gasteiger partial charge in [-0.1, -0.05) is 18.2 Å². The highest BCUT2D eigenvalue weighted by atomic mass is 16.7. The van der Waals surface area contributed by atoms with Gasteiger partial charge >= 0.3 is 0 Å². The molecule has 8 nitrogen and oxygen atoms in total. The summed E-state index contributed by atoms with van der Waals surface area (Å²) >= 11 is 0. The van der Waals surface area contributed by atoms with E-state index in [9.17, 15) is 4.79 Å². The van der Waals surface area contributed by atoms with Crippen LogP contribution in [-0.4, -0.2) is 60.0 Å². The van der Waals surface area contributed by atoms with Gasteiger partial charge in [0, 0.05) is 43.7 Å². The molecular formula is C21H26N4O4. The monoisotopic (exact) mass is 398 g/mol. The molecule has 0 saturated carbocycles. The van der Waals surface area contributed by atoms with Crippen molar-refractivity contribution in [2.75, 3.05) is 38.7 Å². The van der Waals surface area contributed by atoms with E-state index in [2.05, 4.69) is 15.3 Å². The lowest BCUT2D eigenvalue weighted by molar-refractivity contribution is -0.181. The number of ether oxygens (including phenoxy) is 3. The number of carbonyl (C=O) groups excluding carboxylic acids is 1. The Labute approximate surface area is 170 Å². The third-order valence-corrected chi connectivity index (χ3v) is 5.33. The number of aromatic nitrogens is 2.